The Labute approximate surface area is 92.1 Å². The molecular formula is C10H11ClFNO2. The van der Waals surface area contributed by atoms with E-state index in [-0.39, 0.29) is 6.54 Å². The molecule has 0 saturated carbocycles. The minimum Gasteiger partial charge on any atom is -0.387 e. The van der Waals surface area contributed by atoms with Gasteiger partial charge in [-0.1, -0.05) is 11.6 Å². The van der Waals surface area contributed by atoms with Gasteiger partial charge in [0, 0.05) is 24.2 Å². The maximum Gasteiger partial charge on any atom is 0.248 e. The normalized spacial score (nSPS) is 10.1. The zero-order valence-corrected chi connectivity index (χ0v) is 8.96. The summed E-state index contributed by atoms with van der Waals surface area (Å²) in [6.45, 7) is -0.496. The van der Waals surface area contributed by atoms with E-state index in [1.54, 1.807) is 0 Å². The lowest BCUT2D eigenvalue weighted by Crippen LogP contribution is -2.29. The number of likely N-dealkylation sites (N-methyl/N-ethyl adjacent to an activating group) is 1. The standard InChI is InChI=1S/C10H11ClFNO2/c1-13(10(15)6-14)5-7-4-8(11)2-3-9(7)12/h2-4,14H,5-6H2,1H3. The highest BCUT2D eigenvalue weighted by Gasteiger charge is 2.10. The van der Waals surface area contributed by atoms with Gasteiger partial charge >= 0.3 is 0 Å². The van der Waals surface area contributed by atoms with Crippen molar-refractivity contribution in [1.82, 2.24) is 4.90 Å². The summed E-state index contributed by atoms with van der Waals surface area (Å²) in [5, 5.41) is 9.01. The molecule has 0 spiro atoms. The number of halogens is 2. The number of aliphatic hydroxyl groups is 1. The van der Waals surface area contributed by atoms with Gasteiger partial charge < -0.3 is 10.0 Å². The third-order valence-electron chi connectivity index (χ3n) is 1.98. The fraction of sp³-hybridized carbons (Fsp3) is 0.300. The maximum atomic E-state index is 13.2. The lowest BCUT2D eigenvalue weighted by atomic mass is 10.2. The number of amides is 1. The van der Waals surface area contributed by atoms with Crippen LogP contribution in [0.4, 0.5) is 4.39 Å². The van der Waals surface area contributed by atoms with Crippen LogP contribution in [-0.4, -0.2) is 29.6 Å². The summed E-state index contributed by atoms with van der Waals surface area (Å²) in [7, 11) is 1.49. The minimum atomic E-state index is -0.585. The van der Waals surface area contributed by atoms with Gasteiger partial charge in [0.05, 0.1) is 0 Å². The summed E-state index contributed by atoms with van der Waals surface area (Å²) in [5.41, 5.74) is 0.326. The second-order valence-electron chi connectivity index (χ2n) is 3.14. The Morgan fingerprint density at radius 1 is 1.60 bits per heavy atom. The molecule has 0 bridgehead atoms. The molecule has 1 aromatic rings. The number of aliphatic hydroxyl groups excluding tert-OH is 1. The van der Waals surface area contributed by atoms with Crippen LogP contribution in [0.25, 0.3) is 0 Å². The number of carbonyl (C=O) groups is 1. The topological polar surface area (TPSA) is 40.5 Å². The smallest absolute Gasteiger partial charge is 0.248 e. The fourth-order valence-electron chi connectivity index (χ4n) is 1.13. The first-order valence-electron chi connectivity index (χ1n) is 4.33. The number of nitrogens with zero attached hydrogens (tertiary/aromatic N) is 1. The van der Waals surface area contributed by atoms with E-state index >= 15 is 0 Å². The third kappa shape index (κ3) is 3.18. The summed E-state index contributed by atoms with van der Waals surface area (Å²) < 4.78 is 13.2. The van der Waals surface area contributed by atoms with E-state index in [1.807, 2.05) is 0 Å². The Kier molecular flexibility index (Phi) is 4.05. The first-order valence-corrected chi connectivity index (χ1v) is 4.71. The van der Waals surface area contributed by atoms with Gasteiger partial charge in [0.25, 0.3) is 0 Å². The maximum absolute atomic E-state index is 13.2. The van der Waals surface area contributed by atoms with Crippen molar-refractivity contribution in [3.63, 3.8) is 0 Å². The van der Waals surface area contributed by atoms with E-state index in [1.165, 1.54) is 30.1 Å². The third-order valence-corrected chi connectivity index (χ3v) is 2.21. The second-order valence-corrected chi connectivity index (χ2v) is 3.58. The van der Waals surface area contributed by atoms with Crippen LogP contribution in [0, 0.1) is 5.82 Å². The van der Waals surface area contributed by atoms with Gasteiger partial charge in [-0.2, -0.15) is 0 Å². The summed E-state index contributed by atoms with van der Waals surface area (Å²) >= 11 is 5.69. The summed E-state index contributed by atoms with van der Waals surface area (Å²) in [6.07, 6.45) is 0. The van der Waals surface area contributed by atoms with E-state index < -0.39 is 18.3 Å². The SMILES string of the molecule is CN(Cc1cc(Cl)ccc1F)C(=O)CO. The van der Waals surface area contributed by atoms with Crippen LogP contribution in [0.2, 0.25) is 5.02 Å². The quantitative estimate of drug-likeness (QED) is 0.855. The first kappa shape index (κ1) is 11.9. The molecule has 0 atom stereocenters. The van der Waals surface area contributed by atoms with Gasteiger partial charge in [-0.3, -0.25) is 4.79 Å². The highest BCUT2D eigenvalue weighted by atomic mass is 35.5. The van der Waals surface area contributed by atoms with Crippen molar-refractivity contribution in [2.45, 2.75) is 6.54 Å². The molecule has 0 aliphatic rings. The predicted molar refractivity (Wildman–Crippen MR) is 55.0 cm³/mol. The number of hydrogen-bond acceptors (Lipinski definition) is 2. The van der Waals surface area contributed by atoms with E-state index in [2.05, 4.69) is 0 Å². The zero-order valence-electron chi connectivity index (χ0n) is 8.20. The summed E-state index contributed by atoms with van der Waals surface area (Å²) in [4.78, 5) is 12.3. The number of benzene rings is 1. The molecule has 0 unspecified atom stereocenters. The Balaban J connectivity index is 2.80. The lowest BCUT2D eigenvalue weighted by Gasteiger charge is -2.16. The van der Waals surface area contributed by atoms with Crippen LogP contribution in [0.5, 0.6) is 0 Å². The fourth-order valence-corrected chi connectivity index (χ4v) is 1.32. The van der Waals surface area contributed by atoms with E-state index in [9.17, 15) is 9.18 Å². The van der Waals surface area contributed by atoms with Crippen LogP contribution in [0.15, 0.2) is 18.2 Å². The monoisotopic (exact) mass is 231 g/mol. The van der Waals surface area contributed by atoms with Crippen molar-refractivity contribution in [3.8, 4) is 0 Å². The molecule has 1 N–H and O–H groups in total. The lowest BCUT2D eigenvalue weighted by molar-refractivity contribution is -0.133. The van der Waals surface area contributed by atoms with Crippen molar-refractivity contribution >= 4 is 17.5 Å². The van der Waals surface area contributed by atoms with Crippen molar-refractivity contribution in [3.05, 3.63) is 34.6 Å². The molecule has 3 nitrogen and oxygen atoms in total. The molecule has 0 radical (unpaired) electrons. The van der Waals surface area contributed by atoms with Gasteiger partial charge in [-0.25, -0.2) is 4.39 Å². The average Bonchev–Trinajstić information content (AvgIpc) is 2.22. The largest absolute Gasteiger partial charge is 0.387 e. The molecule has 82 valence electrons. The van der Waals surface area contributed by atoms with Crippen molar-refractivity contribution in [2.75, 3.05) is 13.7 Å². The molecule has 0 aliphatic heterocycles. The first-order chi connectivity index (χ1) is 7.04. The number of hydrogen-bond donors (Lipinski definition) is 1. The Hall–Kier alpha value is -1.13. The molecular weight excluding hydrogens is 221 g/mol. The van der Waals surface area contributed by atoms with Crippen LogP contribution in [0.3, 0.4) is 0 Å². The van der Waals surface area contributed by atoms with Crippen molar-refractivity contribution < 1.29 is 14.3 Å². The predicted octanol–water partition coefficient (Wildman–Crippen LogP) is 1.43. The van der Waals surface area contributed by atoms with Crippen LogP contribution < -0.4 is 0 Å². The molecule has 0 aliphatic carbocycles. The van der Waals surface area contributed by atoms with Gasteiger partial charge in [0.15, 0.2) is 0 Å². The Bertz CT molecular complexity index is 370. The minimum absolute atomic E-state index is 0.0891. The molecule has 15 heavy (non-hydrogen) atoms. The van der Waals surface area contributed by atoms with Crippen molar-refractivity contribution in [1.29, 1.82) is 0 Å². The molecule has 1 aromatic carbocycles. The average molecular weight is 232 g/mol. The van der Waals surface area contributed by atoms with E-state index in [0.717, 1.165) is 0 Å². The van der Waals surface area contributed by atoms with Gasteiger partial charge in [-0.15, -0.1) is 0 Å². The van der Waals surface area contributed by atoms with Crippen molar-refractivity contribution in [2.24, 2.45) is 0 Å². The zero-order chi connectivity index (χ0) is 11.4. The second kappa shape index (κ2) is 5.09. The van der Waals surface area contributed by atoms with Gasteiger partial charge in [0.1, 0.15) is 12.4 Å². The summed E-state index contributed by atoms with van der Waals surface area (Å²) in [5.74, 6) is -0.883. The molecule has 1 rings (SSSR count). The van der Waals surface area contributed by atoms with E-state index in [4.69, 9.17) is 16.7 Å². The van der Waals surface area contributed by atoms with Gasteiger partial charge in [-0.05, 0) is 18.2 Å². The Morgan fingerprint density at radius 3 is 2.87 bits per heavy atom. The van der Waals surface area contributed by atoms with Crippen LogP contribution in [0.1, 0.15) is 5.56 Å². The van der Waals surface area contributed by atoms with E-state index in [0.29, 0.717) is 10.6 Å². The van der Waals surface area contributed by atoms with Crippen LogP contribution in [-0.2, 0) is 11.3 Å². The highest BCUT2D eigenvalue weighted by molar-refractivity contribution is 6.30. The number of rotatable bonds is 3. The molecule has 0 heterocycles. The Morgan fingerprint density at radius 2 is 2.27 bits per heavy atom. The number of carbonyl (C=O) groups excluding carboxylic acids is 1. The van der Waals surface area contributed by atoms with Crippen LogP contribution >= 0.6 is 11.6 Å². The highest BCUT2D eigenvalue weighted by Crippen LogP contribution is 2.16. The molecule has 1 amide bonds. The molecule has 0 fully saturated rings. The summed E-state index contributed by atoms with van der Waals surface area (Å²) in [6, 6.07) is 4.14. The van der Waals surface area contributed by atoms with Gasteiger partial charge in [0.2, 0.25) is 5.91 Å². The molecule has 0 aromatic heterocycles. The molecule has 0 saturated heterocycles. The molecule has 5 heteroatoms.